The number of hydrogen-bond acceptors (Lipinski definition) is 5. The van der Waals surface area contributed by atoms with Gasteiger partial charge in [0, 0.05) is 16.9 Å². The van der Waals surface area contributed by atoms with Crippen LogP contribution in [0.3, 0.4) is 0 Å². The summed E-state index contributed by atoms with van der Waals surface area (Å²) in [6.07, 6.45) is -1.81. The van der Waals surface area contributed by atoms with Gasteiger partial charge in [0.15, 0.2) is 0 Å². The van der Waals surface area contributed by atoms with E-state index in [1.165, 1.54) is 30.6 Å². The SMILES string of the molecule is Cc1ccc(NC(=O)Cc2cccc(C(F)(F)F)c2)cc1C(=O)Nc1cnc(Nc2ccccc2)nc1. The van der Waals surface area contributed by atoms with Crippen molar-refractivity contribution in [1.29, 1.82) is 0 Å². The van der Waals surface area contributed by atoms with E-state index in [2.05, 4.69) is 25.9 Å². The first-order valence-electron chi connectivity index (χ1n) is 11.2. The molecule has 0 bridgehead atoms. The van der Waals surface area contributed by atoms with E-state index in [0.717, 1.165) is 17.8 Å². The van der Waals surface area contributed by atoms with Gasteiger partial charge in [-0.15, -0.1) is 0 Å². The summed E-state index contributed by atoms with van der Waals surface area (Å²) in [5.41, 5.74) is 1.91. The lowest BCUT2D eigenvalue weighted by Gasteiger charge is -2.12. The molecule has 1 heterocycles. The molecule has 0 radical (unpaired) electrons. The second kappa shape index (κ2) is 10.9. The highest BCUT2D eigenvalue weighted by molar-refractivity contribution is 6.06. The molecule has 3 N–H and O–H groups in total. The van der Waals surface area contributed by atoms with E-state index < -0.39 is 23.6 Å². The fourth-order valence-electron chi connectivity index (χ4n) is 3.50. The number of rotatable bonds is 7. The lowest BCUT2D eigenvalue weighted by Crippen LogP contribution is -2.17. The number of amides is 2. The maximum absolute atomic E-state index is 12.9. The van der Waals surface area contributed by atoms with Crippen molar-refractivity contribution in [3.63, 3.8) is 0 Å². The summed E-state index contributed by atoms with van der Waals surface area (Å²) >= 11 is 0. The van der Waals surface area contributed by atoms with Gasteiger partial charge < -0.3 is 16.0 Å². The molecule has 4 rings (SSSR count). The summed E-state index contributed by atoms with van der Waals surface area (Å²) < 4.78 is 38.8. The average Bonchev–Trinajstić information content (AvgIpc) is 2.86. The molecule has 3 aromatic carbocycles. The Morgan fingerprint density at radius 1 is 0.811 bits per heavy atom. The molecule has 2 amide bonds. The van der Waals surface area contributed by atoms with Gasteiger partial charge in [-0.3, -0.25) is 9.59 Å². The number of aryl methyl sites for hydroxylation is 1. The Hall–Kier alpha value is -4.73. The van der Waals surface area contributed by atoms with Crippen molar-refractivity contribution >= 4 is 34.8 Å². The molecule has 0 saturated carbocycles. The molecule has 188 valence electrons. The lowest BCUT2D eigenvalue weighted by atomic mass is 10.1. The number of hydrogen-bond donors (Lipinski definition) is 3. The maximum Gasteiger partial charge on any atom is 0.416 e. The van der Waals surface area contributed by atoms with Crippen molar-refractivity contribution in [1.82, 2.24) is 9.97 Å². The third-order valence-electron chi connectivity index (χ3n) is 5.32. The van der Waals surface area contributed by atoms with Crippen LogP contribution in [0.2, 0.25) is 0 Å². The summed E-state index contributed by atoms with van der Waals surface area (Å²) in [5.74, 6) is -0.575. The highest BCUT2D eigenvalue weighted by Gasteiger charge is 2.30. The van der Waals surface area contributed by atoms with Crippen LogP contribution in [0.5, 0.6) is 0 Å². The number of benzene rings is 3. The number of anilines is 4. The zero-order chi connectivity index (χ0) is 26.4. The first-order valence-corrected chi connectivity index (χ1v) is 11.2. The van der Waals surface area contributed by atoms with Crippen molar-refractivity contribution in [2.75, 3.05) is 16.0 Å². The number of carbonyl (C=O) groups excluding carboxylic acids is 2. The first-order chi connectivity index (χ1) is 17.7. The molecule has 0 atom stereocenters. The van der Waals surface area contributed by atoms with Gasteiger partial charge in [0.1, 0.15) is 0 Å². The number of alkyl halides is 3. The molecule has 0 saturated heterocycles. The Morgan fingerprint density at radius 2 is 1.54 bits per heavy atom. The van der Waals surface area contributed by atoms with Gasteiger partial charge in [0.2, 0.25) is 11.9 Å². The third-order valence-corrected chi connectivity index (χ3v) is 5.32. The number of nitrogens with zero attached hydrogens (tertiary/aromatic N) is 2. The normalized spacial score (nSPS) is 11.0. The van der Waals surface area contributed by atoms with Crippen molar-refractivity contribution in [3.05, 3.63) is 107 Å². The van der Waals surface area contributed by atoms with Crippen LogP contribution in [-0.2, 0) is 17.4 Å². The molecule has 0 aliphatic carbocycles. The minimum atomic E-state index is -4.49. The molecule has 10 heteroatoms. The summed E-state index contributed by atoms with van der Waals surface area (Å²) in [4.78, 5) is 33.7. The number of para-hydroxylation sites is 1. The zero-order valence-corrected chi connectivity index (χ0v) is 19.6. The number of nitrogens with one attached hydrogen (secondary N) is 3. The highest BCUT2D eigenvalue weighted by Crippen LogP contribution is 2.29. The topological polar surface area (TPSA) is 96.0 Å². The minimum Gasteiger partial charge on any atom is -0.326 e. The van der Waals surface area contributed by atoms with Gasteiger partial charge >= 0.3 is 6.18 Å². The lowest BCUT2D eigenvalue weighted by molar-refractivity contribution is -0.137. The fraction of sp³-hybridized carbons (Fsp3) is 0.111. The molecule has 0 spiro atoms. The molecular formula is C27H22F3N5O2. The summed E-state index contributed by atoms with van der Waals surface area (Å²) in [6, 6.07) is 18.8. The van der Waals surface area contributed by atoms with Crippen LogP contribution in [0.1, 0.15) is 27.0 Å². The van der Waals surface area contributed by atoms with Crippen LogP contribution < -0.4 is 16.0 Å². The molecule has 4 aromatic rings. The average molecular weight is 506 g/mol. The van der Waals surface area contributed by atoms with Crippen molar-refractivity contribution < 1.29 is 22.8 Å². The molecule has 0 aliphatic heterocycles. The second-order valence-electron chi connectivity index (χ2n) is 8.19. The predicted octanol–water partition coefficient (Wildman–Crippen LogP) is 5.98. The van der Waals surface area contributed by atoms with E-state index >= 15 is 0 Å². The summed E-state index contributed by atoms with van der Waals surface area (Å²) in [6.45, 7) is 1.74. The molecule has 0 aliphatic rings. The number of aromatic nitrogens is 2. The number of halogens is 3. The molecule has 7 nitrogen and oxygen atoms in total. The monoisotopic (exact) mass is 505 g/mol. The van der Waals surface area contributed by atoms with E-state index in [9.17, 15) is 22.8 Å². The quantitative estimate of drug-likeness (QED) is 0.287. The predicted molar refractivity (Wildman–Crippen MR) is 135 cm³/mol. The third kappa shape index (κ3) is 6.91. The van der Waals surface area contributed by atoms with Gasteiger partial charge in [-0.25, -0.2) is 9.97 Å². The van der Waals surface area contributed by atoms with Crippen LogP contribution in [-0.4, -0.2) is 21.8 Å². The fourth-order valence-corrected chi connectivity index (χ4v) is 3.50. The van der Waals surface area contributed by atoms with Gasteiger partial charge in [-0.05, 0) is 48.4 Å². The van der Waals surface area contributed by atoms with Gasteiger partial charge in [-0.2, -0.15) is 13.2 Å². The van der Waals surface area contributed by atoms with Crippen LogP contribution in [0.4, 0.5) is 36.2 Å². The molecule has 0 fully saturated rings. The minimum absolute atomic E-state index is 0.225. The highest BCUT2D eigenvalue weighted by atomic mass is 19.4. The largest absolute Gasteiger partial charge is 0.416 e. The molecular weight excluding hydrogens is 483 g/mol. The van der Waals surface area contributed by atoms with Crippen LogP contribution in [0, 0.1) is 6.92 Å². The Balaban J connectivity index is 1.39. The second-order valence-corrected chi connectivity index (χ2v) is 8.19. The van der Waals surface area contributed by atoms with E-state index in [-0.39, 0.29) is 12.0 Å². The van der Waals surface area contributed by atoms with Crippen LogP contribution in [0.15, 0.2) is 85.2 Å². The Morgan fingerprint density at radius 3 is 2.24 bits per heavy atom. The number of carbonyl (C=O) groups is 2. The van der Waals surface area contributed by atoms with Crippen LogP contribution >= 0.6 is 0 Å². The van der Waals surface area contributed by atoms with Gasteiger partial charge in [-0.1, -0.05) is 42.5 Å². The maximum atomic E-state index is 12.9. The van der Waals surface area contributed by atoms with Crippen LogP contribution in [0.25, 0.3) is 0 Å². The van der Waals surface area contributed by atoms with E-state index in [4.69, 9.17) is 0 Å². The van der Waals surface area contributed by atoms with Crippen molar-refractivity contribution in [2.24, 2.45) is 0 Å². The zero-order valence-electron chi connectivity index (χ0n) is 19.6. The smallest absolute Gasteiger partial charge is 0.326 e. The summed E-state index contributed by atoms with van der Waals surface area (Å²) in [5, 5.41) is 8.40. The van der Waals surface area contributed by atoms with Crippen molar-refractivity contribution in [2.45, 2.75) is 19.5 Å². The van der Waals surface area contributed by atoms with E-state index in [1.54, 1.807) is 19.1 Å². The van der Waals surface area contributed by atoms with E-state index in [0.29, 0.717) is 28.5 Å². The Bertz CT molecular complexity index is 1410. The Kier molecular flexibility index (Phi) is 7.47. The Labute approximate surface area is 210 Å². The molecule has 0 unspecified atom stereocenters. The molecule has 1 aromatic heterocycles. The van der Waals surface area contributed by atoms with E-state index in [1.807, 2.05) is 30.3 Å². The first kappa shape index (κ1) is 25.4. The standard InChI is InChI=1S/C27H22F3N5O2/c1-17-10-11-21(33-24(36)13-18-6-5-7-19(12-18)27(28,29)30)14-23(17)25(37)34-22-15-31-26(32-16-22)35-20-8-3-2-4-9-20/h2-12,14-16H,13H2,1H3,(H,33,36)(H,34,37)(H,31,32,35). The summed E-state index contributed by atoms with van der Waals surface area (Å²) in [7, 11) is 0. The van der Waals surface area contributed by atoms with Crippen molar-refractivity contribution in [3.8, 4) is 0 Å². The van der Waals surface area contributed by atoms with Gasteiger partial charge in [0.05, 0.1) is 30.1 Å². The molecule has 37 heavy (non-hydrogen) atoms. The van der Waals surface area contributed by atoms with Gasteiger partial charge in [0.25, 0.3) is 5.91 Å².